The Labute approximate surface area is 88.6 Å². The van der Waals surface area contributed by atoms with Crippen LogP contribution in [0.3, 0.4) is 0 Å². The number of imidazole rings is 1. The third-order valence-electron chi connectivity index (χ3n) is 2.00. The molecule has 0 radical (unpaired) electrons. The molecule has 0 aliphatic rings. The minimum absolute atomic E-state index is 0.220. The van der Waals surface area contributed by atoms with Gasteiger partial charge < -0.3 is 10.1 Å². The average molecular weight is 208 g/mol. The van der Waals surface area contributed by atoms with Crippen LogP contribution in [0.4, 0.5) is 0 Å². The van der Waals surface area contributed by atoms with Crippen molar-refractivity contribution >= 4 is 12.2 Å². The first kappa shape index (κ1) is 11.5. The monoisotopic (exact) mass is 208 g/mol. The maximum absolute atomic E-state index is 11.6. The van der Waals surface area contributed by atoms with E-state index in [4.69, 9.17) is 0 Å². The van der Waals surface area contributed by atoms with E-state index in [0.29, 0.717) is 11.4 Å². The van der Waals surface area contributed by atoms with Crippen LogP contribution in [-0.4, -0.2) is 20.3 Å². The summed E-state index contributed by atoms with van der Waals surface area (Å²) in [6.07, 6.45) is 3.12. The van der Waals surface area contributed by atoms with Crippen LogP contribution in [0.2, 0.25) is 0 Å². The molecule has 0 saturated heterocycles. The number of aromatic amines is 1. The minimum atomic E-state index is -0.942. The molecule has 0 aromatic carbocycles. The zero-order chi connectivity index (χ0) is 11.6. The second kappa shape index (κ2) is 3.90. The van der Waals surface area contributed by atoms with Gasteiger partial charge in [-0.05, 0) is 26.0 Å². The van der Waals surface area contributed by atoms with Crippen molar-refractivity contribution in [2.75, 3.05) is 0 Å². The van der Waals surface area contributed by atoms with Crippen LogP contribution in [0.15, 0.2) is 18.0 Å². The Kier molecular flexibility index (Phi) is 3.00. The molecule has 0 bridgehead atoms. The van der Waals surface area contributed by atoms with Crippen LogP contribution in [0.1, 0.15) is 25.2 Å². The average Bonchev–Trinajstić information content (AvgIpc) is 2.40. The molecule has 4 nitrogen and oxygen atoms in total. The molecule has 1 heterocycles. The van der Waals surface area contributed by atoms with Crippen LogP contribution >= 0.6 is 0 Å². The Bertz CT molecular complexity index is 432. The van der Waals surface area contributed by atoms with Crippen molar-refractivity contribution in [1.82, 2.24) is 9.55 Å². The molecule has 0 spiro atoms. The Morgan fingerprint density at radius 3 is 2.47 bits per heavy atom. The highest BCUT2D eigenvalue weighted by Gasteiger charge is 2.18. The van der Waals surface area contributed by atoms with Crippen LogP contribution in [-0.2, 0) is 6.54 Å². The molecule has 1 rings (SSSR count). The molecule has 0 aliphatic carbocycles. The van der Waals surface area contributed by atoms with Crippen LogP contribution < -0.4 is 5.69 Å². The summed E-state index contributed by atoms with van der Waals surface area (Å²) in [5.74, 6) is 0. The second-order valence-electron chi connectivity index (χ2n) is 4.04. The Balaban J connectivity index is 3.28. The van der Waals surface area contributed by atoms with Crippen molar-refractivity contribution in [3.8, 4) is 0 Å². The summed E-state index contributed by atoms with van der Waals surface area (Å²) >= 11 is 0. The maximum Gasteiger partial charge on any atom is 0.326 e. The highest BCUT2D eigenvalue weighted by Crippen LogP contribution is 2.11. The van der Waals surface area contributed by atoms with Crippen molar-refractivity contribution in [3.63, 3.8) is 0 Å². The number of nitrogens with one attached hydrogen (secondary N) is 1. The fourth-order valence-electron chi connectivity index (χ4n) is 1.42. The molecule has 4 heteroatoms. The third-order valence-corrected chi connectivity index (χ3v) is 2.00. The normalized spacial score (nSPS) is 11.4. The van der Waals surface area contributed by atoms with Gasteiger partial charge in [0.1, 0.15) is 0 Å². The summed E-state index contributed by atoms with van der Waals surface area (Å²) in [7, 11) is 0. The number of aromatic nitrogens is 2. The first-order chi connectivity index (χ1) is 6.89. The fraction of sp³-hybridized carbons (Fsp3) is 0.364. The van der Waals surface area contributed by atoms with E-state index in [0.717, 1.165) is 0 Å². The lowest BCUT2D eigenvalue weighted by Gasteiger charge is -2.18. The lowest BCUT2D eigenvalue weighted by Crippen LogP contribution is -2.32. The zero-order valence-corrected chi connectivity index (χ0v) is 9.08. The number of aliphatic hydroxyl groups is 1. The second-order valence-corrected chi connectivity index (χ2v) is 4.04. The largest absolute Gasteiger partial charge is 0.389 e. The first-order valence-corrected chi connectivity index (χ1v) is 4.69. The van der Waals surface area contributed by atoms with E-state index in [1.165, 1.54) is 4.57 Å². The lowest BCUT2D eigenvalue weighted by molar-refractivity contribution is 0.0603. The minimum Gasteiger partial charge on any atom is -0.389 e. The fourth-order valence-corrected chi connectivity index (χ4v) is 1.42. The summed E-state index contributed by atoms with van der Waals surface area (Å²) in [6, 6.07) is 0. The summed E-state index contributed by atoms with van der Waals surface area (Å²) in [5.41, 5.74) is 0.0701. The van der Waals surface area contributed by atoms with Crippen LogP contribution in [0.25, 0.3) is 12.2 Å². The van der Waals surface area contributed by atoms with Crippen molar-refractivity contribution in [2.45, 2.75) is 26.0 Å². The Morgan fingerprint density at radius 1 is 1.47 bits per heavy atom. The van der Waals surface area contributed by atoms with Gasteiger partial charge in [0.05, 0.1) is 23.5 Å². The molecular weight excluding hydrogens is 192 g/mol. The van der Waals surface area contributed by atoms with Gasteiger partial charge in [-0.2, -0.15) is 0 Å². The van der Waals surface area contributed by atoms with E-state index < -0.39 is 5.60 Å². The predicted molar refractivity (Wildman–Crippen MR) is 61.5 cm³/mol. The summed E-state index contributed by atoms with van der Waals surface area (Å²) in [6.45, 7) is 10.7. The number of nitrogens with zero attached hydrogens (tertiary/aromatic N) is 1. The molecule has 0 atom stereocenters. The number of H-pyrrole nitrogens is 1. The lowest BCUT2D eigenvalue weighted by atomic mass is 10.1. The summed E-state index contributed by atoms with van der Waals surface area (Å²) in [5, 5.41) is 9.66. The smallest absolute Gasteiger partial charge is 0.326 e. The summed E-state index contributed by atoms with van der Waals surface area (Å²) in [4.78, 5) is 14.2. The van der Waals surface area contributed by atoms with E-state index in [2.05, 4.69) is 18.1 Å². The van der Waals surface area contributed by atoms with Gasteiger partial charge in [0.25, 0.3) is 0 Å². The Hall–Kier alpha value is -1.55. The molecule has 0 unspecified atom stereocenters. The maximum atomic E-state index is 11.6. The molecule has 15 heavy (non-hydrogen) atoms. The SMILES string of the molecule is C=Cc1[nH]c(=O)n(CC(C)(C)O)c1C=C. The van der Waals surface area contributed by atoms with Gasteiger partial charge in [-0.25, -0.2) is 4.79 Å². The van der Waals surface area contributed by atoms with E-state index in [1.807, 2.05) is 0 Å². The molecular formula is C11H16N2O2. The number of hydrogen-bond acceptors (Lipinski definition) is 2. The molecule has 82 valence electrons. The molecule has 0 amide bonds. The highest BCUT2D eigenvalue weighted by atomic mass is 16.3. The molecule has 1 aromatic heterocycles. The predicted octanol–water partition coefficient (Wildman–Crippen LogP) is 1.23. The topological polar surface area (TPSA) is 58.0 Å². The molecule has 2 N–H and O–H groups in total. The molecule has 0 aliphatic heterocycles. The number of rotatable bonds is 4. The van der Waals surface area contributed by atoms with Crippen LogP contribution in [0, 0.1) is 0 Å². The van der Waals surface area contributed by atoms with Crippen molar-refractivity contribution in [2.24, 2.45) is 0 Å². The molecule has 1 aromatic rings. The van der Waals surface area contributed by atoms with Gasteiger partial charge in [0.15, 0.2) is 0 Å². The van der Waals surface area contributed by atoms with Gasteiger partial charge in [0, 0.05) is 0 Å². The van der Waals surface area contributed by atoms with Crippen molar-refractivity contribution in [1.29, 1.82) is 0 Å². The quantitative estimate of drug-likeness (QED) is 0.782. The highest BCUT2D eigenvalue weighted by molar-refractivity contribution is 5.57. The van der Waals surface area contributed by atoms with Crippen LogP contribution in [0.5, 0.6) is 0 Å². The Morgan fingerprint density at radius 2 is 2.07 bits per heavy atom. The van der Waals surface area contributed by atoms with Gasteiger partial charge in [0.2, 0.25) is 0 Å². The number of hydrogen-bond donors (Lipinski definition) is 2. The molecule has 0 fully saturated rings. The van der Waals surface area contributed by atoms with Gasteiger partial charge in [-0.15, -0.1) is 0 Å². The zero-order valence-electron chi connectivity index (χ0n) is 9.08. The molecule has 0 saturated carbocycles. The van der Waals surface area contributed by atoms with E-state index in [9.17, 15) is 9.90 Å². The van der Waals surface area contributed by atoms with Gasteiger partial charge in [-0.1, -0.05) is 13.2 Å². The van der Waals surface area contributed by atoms with E-state index in [1.54, 1.807) is 26.0 Å². The first-order valence-electron chi connectivity index (χ1n) is 4.69. The van der Waals surface area contributed by atoms with E-state index >= 15 is 0 Å². The summed E-state index contributed by atoms with van der Waals surface area (Å²) < 4.78 is 1.45. The standard InChI is InChI=1S/C11H16N2O2/c1-5-8-9(6-2)13(10(14)12-8)7-11(3,4)15/h5-6,15H,1-2,7H2,3-4H3,(H,12,14). The van der Waals surface area contributed by atoms with Gasteiger partial charge >= 0.3 is 5.69 Å². The van der Waals surface area contributed by atoms with Crippen molar-refractivity contribution in [3.05, 3.63) is 35.0 Å². The van der Waals surface area contributed by atoms with Crippen molar-refractivity contribution < 1.29 is 5.11 Å². The van der Waals surface area contributed by atoms with E-state index in [-0.39, 0.29) is 12.2 Å². The van der Waals surface area contributed by atoms with Gasteiger partial charge in [-0.3, -0.25) is 4.57 Å². The third kappa shape index (κ3) is 2.47.